The van der Waals surface area contributed by atoms with E-state index in [1.807, 2.05) is 19.1 Å². The maximum absolute atomic E-state index is 12.9. The van der Waals surface area contributed by atoms with Crippen molar-refractivity contribution in [2.45, 2.75) is 133 Å². The summed E-state index contributed by atoms with van der Waals surface area (Å²) in [7, 11) is 1.79. The third kappa shape index (κ3) is 7.36. The Hall–Kier alpha value is -1.73. The third-order valence-electron chi connectivity index (χ3n) is 11.4. The maximum Gasteiger partial charge on any atom is 0.176 e. The van der Waals surface area contributed by atoms with Crippen LogP contribution in [0.5, 0.6) is 0 Å². The first kappa shape index (κ1) is 34.5. The third-order valence-corrected chi connectivity index (χ3v) is 11.4. The number of rotatable bonds is 14. The number of carbonyl (C=O) groups excluding carboxylic acids is 2. The van der Waals surface area contributed by atoms with Gasteiger partial charge in [-0.25, -0.2) is 0 Å². The van der Waals surface area contributed by atoms with Crippen LogP contribution in [0.3, 0.4) is 0 Å². The second kappa shape index (κ2) is 13.1. The Labute approximate surface area is 246 Å². The second-order valence-electron chi connectivity index (χ2n) is 15.5. The highest BCUT2D eigenvalue weighted by atomic mass is 16.5. The molecule has 40 heavy (non-hydrogen) atoms. The molecule has 4 heteroatoms. The number of hydrogen-bond donors (Lipinski definition) is 0. The fraction of sp³-hybridized carbons (Fsp3) is 0.806. The molecule has 0 radical (unpaired) electrons. The summed E-state index contributed by atoms with van der Waals surface area (Å²) >= 11 is 0. The molecule has 0 unspecified atom stereocenters. The van der Waals surface area contributed by atoms with Gasteiger partial charge in [0, 0.05) is 25.0 Å². The number of nitriles is 1. The molecular formula is C36H59NO3. The normalized spacial score (nSPS) is 29.9. The summed E-state index contributed by atoms with van der Waals surface area (Å²) in [4.78, 5) is 25.6. The first-order valence-electron chi connectivity index (χ1n) is 15.8. The summed E-state index contributed by atoms with van der Waals surface area (Å²) in [6.45, 7) is 23.3. The molecule has 0 amide bonds. The average Bonchev–Trinajstić information content (AvgIpc) is 2.86. The SMILES string of the molecule is CCCC(C)(C)CC[C@](C)(CCCOC)CCC(C)(C)[C@]1(C)CC[C@H]2[C@H](C)C(=O)C(C#N)=C[C@]2(C)/C1=C/C(C)=O. The number of hydrogen-bond acceptors (Lipinski definition) is 4. The van der Waals surface area contributed by atoms with Gasteiger partial charge in [-0.1, -0.05) is 80.4 Å². The molecule has 0 bridgehead atoms. The fourth-order valence-corrected chi connectivity index (χ4v) is 8.08. The van der Waals surface area contributed by atoms with Crippen LogP contribution in [0.15, 0.2) is 23.3 Å². The lowest BCUT2D eigenvalue weighted by Crippen LogP contribution is -2.52. The number of methoxy groups -OCH3 is 1. The number of fused-ring (bicyclic) bond motifs is 1. The lowest BCUT2D eigenvalue weighted by Gasteiger charge is -2.59. The highest BCUT2D eigenvalue weighted by Crippen LogP contribution is 2.65. The van der Waals surface area contributed by atoms with Crippen molar-refractivity contribution in [1.82, 2.24) is 0 Å². The number of Topliss-reactive ketones (excluding diaryl/α,β-unsaturated/α-hetero) is 1. The van der Waals surface area contributed by atoms with Crippen molar-refractivity contribution in [2.24, 2.45) is 38.9 Å². The summed E-state index contributed by atoms with van der Waals surface area (Å²) in [5.41, 5.74) is 1.16. The predicted octanol–water partition coefficient (Wildman–Crippen LogP) is 9.44. The monoisotopic (exact) mass is 553 g/mol. The lowest BCUT2D eigenvalue weighted by molar-refractivity contribution is -0.123. The van der Waals surface area contributed by atoms with Crippen molar-refractivity contribution in [2.75, 3.05) is 13.7 Å². The Morgan fingerprint density at radius 1 is 1.10 bits per heavy atom. The van der Waals surface area contributed by atoms with E-state index in [2.05, 4.69) is 61.5 Å². The van der Waals surface area contributed by atoms with Crippen molar-refractivity contribution in [3.05, 3.63) is 23.3 Å². The Bertz CT molecular complexity index is 1030. The van der Waals surface area contributed by atoms with Gasteiger partial charge in [0.1, 0.15) is 6.07 Å². The van der Waals surface area contributed by atoms with Gasteiger partial charge in [-0.05, 0) is 98.4 Å². The predicted molar refractivity (Wildman–Crippen MR) is 166 cm³/mol. The minimum atomic E-state index is -0.486. The van der Waals surface area contributed by atoms with Crippen LogP contribution in [0, 0.1) is 50.2 Å². The van der Waals surface area contributed by atoms with Crippen LogP contribution in [0.1, 0.15) is 133 Å². The van der Waals surface area contributed by atoms with Gasteiger partial charge >= 0.3 is 0 Å². The van der Waals surface area contributed by atoms with E-state index in [4.69, 9.17) is 4.74 Å². The number of nitrogens with zero attached hydrogens (tertiary/aromatic N) is 1. The molecule has 0 saturated heterocycles. The second-order valence-corrected chi connectivity index (χ2v) is 15.5. The first-order chi connectivity index (χ1) is 18.4. The van der Waals surface area contributed by atoms with Crippen LogP contribution in [0.4, 0.5) is 0 Å². The van der Waals surface area contributed by atoms with Gasteiger partial charge in [-0.15, -0.1) is 0 Å². The summed E-state index contributed by atoms with van der Waals surface area (Å²) < 4.78 is 5.43. The number of carbonyl (C=O) groups is 2. The first-order valence-corrected chi connectivity index (χ1v) is 15.8. The summed E-state index contributed by atoms with van der Waals surface area (Å²) in [6.07, 6.45) is 14.9. The smallest absolute Gasteiger partial charge is 0.176 e. The molecule has 0 spiro atoms. The molecule has 2 rings (SSSR count). The van der Waals surface area contributed by atoms with Gasteiger partial charge in [-0.3, -0.25) is 9.59 Å². The summed E-state index contributed by atoms with van der Waals surface area (Å²) in [5.74, 6) is -0.124. The molecule has 0 heterocycles. The van der Waals surface area contributed by atoms with E-state index in [-0.39, 0.29) is 45.2 Å². The molecule has 0 aromatic rings. The summed E-state index contributed by atoms with van der Waals surface area (Å²) in [5, 5.41) is 9.81. The molecule has 0 aliphatic heterocycles. The molecule has 0 N–H and O–H groups in total. The quantitative estimate of drug-likeness (QED) is 0.159. The molecule has 0 aromatic carbocycles. The lowest BCUT2D eigenvalue weighted by atomic mass is 9.44. The Morgan fingerprint density at radius 2 is 1.73 bits per heavy atom. The van der Waals surface area contributed by atoms with Gasteiger partial charge < -0.3 is 4.74 Å². The van der Waals surface area contributed by atoms with Gasteiger partial charge in [0.2, 0.25) is 0 Å². The topological polar surface area (TPSA) is 67.2 Å². The molecule has 5 atom stereocenters. The van der Waals surface area contributed by atoms with E-state index >= 15 is 0 Å². The zero-order valence-corrected chi connectivity index (χ0v) is 27.8. The zero-order valence-electron chi connectivity index (χ0n) is 27.8. The zero-order chi connectivity index (χ0) is 30.6. The van der Waals surface area contributed by atoms with E-state index in [0.29, 0.717) is 5.41 Å². The molecular weight excluding hydrogens is 494 g/mol. The van der Waals surface area contributed by atoms with Crippen LogP contribution in [0.25, 0.3) is 0 Å². The minimum Gasteiger partial charge on any atom is -0.385 e. The molecule has 1 saturated carbocycles. The van der Waals surface area contributed by atoms with E-state index in [1.54, 1.807) is 14.0 Å². The van der Waals surface area contributed by atoms with Crippen molar-refractivity contribution >= 4 is 11.6 Å². The van der Waals surface area contributed by atoms with E-state index in [1.165, 1.54) is 25.7 Å². The van der Waals surface area contributed by atoms with Crippen LogP contribution in [-0.4, -0.2) is 25.3 Å². The van der Waals surface area contributed by atoms with E-state index in [0.717, 1.165) is 50.7 Å². The van der Waals surface area contributed by atoms with Crippen LogP contribution < -0.4 is 0 Å². The Kier molecular flexibility index (Phi) is 11.3. The molecule has 226 valence electrons. The van der Waals surface area contributed by atoms with Gasteiger partial charge in [0.05, 0.1) is 5.57 Å². The van der Waals surface area contributed by atoms with E-state index < -0.39 is 5.41 Å². The Balaban J connectivity index is 2.45. The van der Waals surface area contributed by atoms with Crippen molar-refractivity contribution < 1.29 is 14.3 Å². The minimum absolute atomic E-state index is 0.0397. The van der Waals surface area contributed by atoms with Crippen LogP contribution in [-0.2, 0) is 14.3 Å². The number of allylic oxidation sites excluding steroid dienone is 4. The summed E-state index contributed by atoms with van der Waals surface area (Å²) in [6, 6.07) is 2.18. The molecule has 4 nitrogen and oxygen atoms in total. The molecule has 2 aliphatic rings. The van der Waals surface area contributed by atoms with Crippen molar-refractivity contribution in [1.29, 1.82) is 5.26 Å². The van der Waals surface area contributed by atoms with Gasteiger partial charge in [0.25, 0.3) is 0 Å². The van der Waals surface area contributed by atoms with Gasteiger partial charge in [-0.2, -0.15) is 5.26 Å². The largest absolute Gasteiger partial charge is 0.385 e. The fourth-order valence-electron chi connectivity index (χ4n) is 8.08. The van der Waals surface area contributed by atoms with Crippen LogP contribution >= 0.6 is 0 Å². The maximum atomic E-state index is 12.9. The van der Waals surface area contributed by atoms with Crippen molar-refractivity contribution in [3.63, 3.8) is 0 Å². The highest BCUT2D eigenvalue weighted by Gasteiger charge is 2.58. The Morgan fingerprint density at radius 3 is 2.27 bits per heavy atom. The molecule has 1 fully saturated rings. The average molecular weight is 554 g/mol. The highest BCUT2D eigenvalue weighted by molar-refractivity contribution is 6.02. The number of ether oxygens (including phenoxy) is 1. The van der Waals surface area contributed by atoms with Crippen molar-refractivity contribution in [3.8, 4) is 6.07 Å². The van der Waals surface area contributed by atoms with E-state index in [9.17, 15) is 14.9 Å². The molecule has 0 aromatic heterocycles. The van der Waals surface area contributed by atoms with Crippen LogP contribution in [0.2, 0.25) is 0 Å². The molecule has 2 aliphatic carbocycles. The standard InChI is InChI=1S/C36H59NO3/c1-12-15-32(4,5)18-20-34(8,16-13-22-40-11)21-19-33(6,7)36(10)17-14-29-27(3)31(39)28(25-37)24-35(29,9)30(36)23-26(2)38/h23-24,27,29H,12-22H2,1-11H3/b30-23-/t27-,29-,34-,35-,36+/m0/s1. The number of ketones is 2. The van der Waals surface area contributed by atoms with Gasteiger partial charge in [0.15, 0.2) is 11.6 Å².